The van der Waals surface area contributed by atoms with Crippen molar-refractivity contribution in [2.45, 2.75) is 108 Å². The molecule has 0 N–H and O–H groups in total. The first kappa shape index (κ1) is 30.0. The van der Waals surface area contributed by atoms with E-state index >= 15 is 0 Å². The van der Waals surface area contributed by atoms with E-state index in [9.17, 15) is 4.79 Å². The van der Waals surface area contributed by atoms with Gasteiger partial charge in [0.25, 0.3) is 0 Å². The Hall–Kier alpha value is -2.52. The molecule has 1 atom stereocenters. The summed E-state index contributed by atoms with van der Waals surface area (Å²) in [5, 5.41) is 0.576. The van der Waals surface area contributed by atoms with Gasteiger partial charge in [-0.3, -0.25) is 0 Å². The Bertz CT molecular complexity index is 1070. The molecule has 3 rings (SSSR count). The van der Waals surface area contributed by atoms with Crippen LogP contribution in [0, 0.1) is 0 Å². The molecule has 0 fully saturated rings. The van der Waals surface area contributed by atoms with E-state index in [1.807, 2.05) is 42.1 Å². The van der Waals surface area contributed by atoms with Gasteiger partial charge < -0.3 is 4.74 Å². The highest BCUT2D eigenvalue weighted by atomic mass is 32.2. The summed E-state index contributed by atoms with van der Waals surface area (Å²) in [6, 6.07) is 24.4. The van der Waals surface area contributed by atoms with Gasteiger partial charge in [-0.05, 0) is 60.7 Å². The van der Waals surface area contributed by atoms with Crippen LogP contribution >= 0.6 is 11.8 Å². The van der Waals surface area contributed by atoms with Crippen LogP contribution in [-0.2, 0) is 6.42 Å². The highest BCUT2D eigenvalue weighted by molar-refractivity contribution is 7.99. The van der Waals surface area contributed by atoms with Crippen molar-refractivity contribution in [3.63, 3.8) is 0 Å². The maximum Gasteiger partial charge on any atom is 0.343 e. The summed E-state index contributed by atoms with van der Waals surface area (Å²) >= 11 is 1.89. The van der Waals surface area contributed by atoms with Crippen LogP contribution in [0.3, 0.4) is 0 Å². The molecule has 0 aliphatic heterocycles. The van der Waals surface area contributed by atoms with Gasteiger partial charge in [0.2, 0.25) is 0 Å². The van der Waals surface area contributed by atoms with E-state index in [0.29, 0.717) is 16.6 Å². The van der Waals surface area contributed by atoms with Crippen LogP contribution in [0.5, 0.6) is 5.75 Å². The largest absolute Gasteiger partial charge is 0.422 e. The smallest absolute Gasteiger partial charge is 0.343 e. The van der Waals surface area contributed by atoms with Gasteiger partial charge in [-0.2, -0.15) is 0 Å². The van der Waals surface area contributed by atoms with E-state index in [1.165, 1.54) is 74.7 Å². The summed E-state index contributed by atoms with van der Waals surface area (Å²) in [5.41, 5.74) is 3.82. The molecule has 2 nitrogen and oxygen atoms in total. The van der Waals surface area contributed by atoms with Crippen molar-refractivity contribution in [3.8, 4) is 16.9 Å². The van der Waals surface area contributed by atoms with Gasteiger partial charge >= 0.3 is 5.97 Å². The van der Waals surface area contributed by atoms with Crippen molar-refractivity contribution >= 4 is 17.7 Å². The number of esters is 1. The molecule has 3 aromatic rings. The van der Waals surface area contributed by atoms with Crippen molar-refractivity contribution in [2.75, 3.05) is 0 Å². The maximum absolute atomic E-state index is 13.2. The summed E-state index contributed by atoms with van der Waals surface area (Å²) in [6.07, 6.45) is 15.1. The molecule has 0 aromatic heterocycles. The zero-order valence-corrected chi connectivity index (χ0v) is 24.5. The van der Waals surface area contributed by atoms with Crippen LogP contribution in [0.1, 0.15) is 107 Å². The molecule has 38 heavy (non-hydrogen) atoms. The van der Waals surface area contributed by atoms with Gasteiger partial charge in [-0.15, -0.1) is 11.8 Å². The zero-order valence-electron chi connectivity index (χ0n) is 23.7. The van der Waals surface area contributed by atoms with Crippen LogP contribution in [0.2, 0.25) is 0 Å². The predicted molar refractivity (Wildman–Crippen MR) is 164 cm³/mol. The molecule has 0 aliphatic carbocycles. The molecule has 0 heterocycles. The predicted octanol–water partition coefficient (Wildman–Crippen LogP) is 10.9. The molecule has 0 radical (unpaired) electrons. The first-order valence-electron chi connectivity index (χ1n) is 14.8. The highest BCUT2D eigenvalue weighted by Crippen LogP contribution is 2.33. The number of hydrogen-bond donors (Lipinski definition) is 0. The number of carbonyl (C=O) groups is 1. The molecule has 0 saturated carbocycles. The Morgan fingerprint density at radius 1 is 0.763 bits per heavy atom. The molecule has 0 aliphatic rings. The third-order valence-corrected chi connectivity index (χ3v) is 8.23. The van der Waals surface area contributed by atoms with Gasteiger partial charge in [0, 0.05) is 15.7 Å². The molecule has 0 spiro atoms. The molecule has 0 amide bonds. The number of unbranched alkanes of at least 4 members (excludes halogenated alkanes) is 8. The molecule has 204 valence electrons. The molecule has 3 heteroatoms. The number of thioether (sulfide) groups is 1. The minimum atomic E-state index is -0.303. The topological polar surface area (TPSA) is 26.3 Å². The fourth-order valence-corrected chi connectivity index (χ4v) is 5.79. The van der Waals surface area contributed by atoms with Gasteiger partial charge in [0.1, 0.15) is 5.75 Å². The number of carbonyl (C=O) groups excluding carboxylic acids is 1. The lowest BCUT2D eigenvalue weighted by Crippen LogP contribution is -2.09. The molecule has 0 bridgehead atoms. The number of rotatable bonds is 17. The third kappa shape index (κ3) is 10.3. The second-order valence-corrected chi connectivity index (χ2v) is 11.9. The maximum atomic E-state index is 13.2. The summed E-state index contributed by atoms with van der Waals surface area (Å²) in [4.78, 5) is 14.4. The standard InChI is InChI=1S/C35H46O2S/c1-4-6-8-10-11-14-18-29-21-26-33(30-19-15-12-16-20-30)34(27-29)37-35(36)31-22-24-32(25-23-31)38-28(3)17-13-9-7-5-2/h12,15-16,19-28H,4-11,13-14,17-18H2,1-3H3/t28-/m0/s1. The average molecular weight is 531 g/mol. The lowest BCUT2D eigenvalue weighted by molar-refractivity contribution is 0.0735. The van der Waals surface area contributed by atoms with Gasteiger partial charge in [-0.1, -0.05) is 121 Å². The van der Waals surface area contributed by atoms with Gasteiger partial charge in [0.05, 0.1) is 5.56 Å². The van der Waals surface area contributed by atoms with E-state index in [2.05, 4.69) is 63.2 Å². The Labute approximate surface area is 235 Å². The van der Waals surface area contributed by atoms with Gasteiger partial charge in [0.15, 0.2) is 0 Å². The fraction of sp³-hybridized carbons (Fsp3) is 0.457. The Kier molecular flexibility index (Phi) is 13.5. The van der Waals surface area contributed by atoms with E-state index < -0.39 is 0 Å². The Balaban J connectivity index is 1.65. The summed E-state index contributed by atoms with van der Waals surface area (Å²) in [6.45, 7) is 6.80. The lowest BCUT2D eigenvalue weighted by Gasteiger charge is -2.14. The minimum absolute atomic E-state index is 0.303. The first-order chi connectivity index (χ1) is 18.6. The number of hydrogen-bond acceptors (Lipinski definition) is 3. The average Bonchev–Trinajstić information content (AvgIpc) is 2.94. The van der Waals surface area contributed by atoms with Crippen LogP contribution < -0.4 is 4.74 Å². The van der Waals surface area contributed by atoms with E-state index in [0.717, 1.165) is 24.0 Å². The van der Waals surface area contributed by atoms with Crippen LogP contribution in [-0.4, -0.2) is 11.2 Å². The van der Waals surface area contributed by atoms with Crippen LogP contribution in [0.25, 0.3) is 11.1 Å². The lowest BCUT2D eigenvalue weighted by atomic mass is 9.99. The van der Waals surface area contributed by atoms with Crippen LogP contribution in [0.4, 0.5) is 0 Å². The van der Waals surface area contributed by atoms with Gasteiger partial charge in [-0.25, -0.2) is 4.79 Å². The van der Waals surface area contributed by atoms with E-state index in [4.69, 9.17) is 4.74 Å². The fourth-order valence-electron chi connectivity index (χ4n) is 4.75. The summed E-state index contributed by atoms with van der Waals surface area (Å²) in [7, 11) is 0. The first-order valence-corrected chi connectivity index (χ1v) is 15.7. The van der Waals surface area contributed by atoms with Crippen LogP contribution in [0.15, 0.2) is 77.7 Å². The Morgan fingerprint density at radius 2 is 1.42 bits per heavy atom. The number of ether oxygens (including phenoxy) is 1. The van der Waals surface area contributed by atoms with E-state index in [-0.39, 0.29) is 5.97 Å². The zero-order chi connectivity index (χ0) is 27.0. The summed E-state index contributed by atoms with van der Waals surface area (Å²) < 4.78 is 6.04. The van der Waals surface area contributed by atoms with Crippen molar-refractivity contribution in [1.29, 1.82) is 0 Å². The molecule has 3 aromatic carbocycles. The highest BCUT2D eigenvalue weighted by Gasteiger charge is 2.15. The van der Waals surface area contributed by atoms with E-state index in [1.54, 1.807) is 0 Å². The Morgan fingerprint density at radius 3 is 2.13 bits per heavy atom. The monoisotopic (exact) mass is 530 g/mol. The second kappa shape index (κ2) is 17.1. The molecular weight excluding hydrogens is 484 g/mol. The van der Waals surface area contributed by atoms with Crippen molar-refractivity contribution in [3.05, 3.63) is 83.9 Å². The third-order valence-electron chi connectivity index (χ3n) is 7.04. The summed E-state index contributed by atoms with van der Waals surface area (Å²) in [5.74, 6) is 0.340. The molecule has 0 saturated heterocycles. The van der Waals surface area contributed by atoms with Crippen molar-refractivity contribution < 1.29 is 9.53 Å². The van der Waals surface area contributed by atoms with Crippen molar-refractivity contribution in [1.82, 2.24) is 0 Å². The van der Waals surface area contributed by atoms with Crippen molar-refractivity contribution in [2.24, 2.45) is 0 Å². The minimum Gasteiger partial charge on any atom is -0.422 e. The second-order valence-electron chi connectivity index (χ2n) is 10.4. The molecular formula is C35H46O2S. The molecule has 0 unspecified atom stereocenters. The quantitative estimate of drug-likeness (QED) is 0.0751. The number of aryl methyl sites for hydroxylation is 1. The normalized spacial score (nSPS) is 11.9. The SMILES string of the molecule is CCCCCCCCc1ccc(-c2ccccc2)c(OC(=O)c2ccc(S[C@@H](C)CCCCCC)cc2)c1. The number of benzene rings is 3.